The normalized spacial score (nSPS) is 13.5. The number of benzene rings is 2. The van der Waals surface area contributed by atoms with Gasteiger partial charge in [0, 0.05) is 37.6 Å². The smallest absolute Gasteiger partial charge is 0.289 e. The third-order valence-electron chi connectivity index (χ3n) is 5.39. The molecular formula is C24H23ClN4O3S. The Morgan fingerprint density at radius 1 is 1.03 bits per heavy atom. The first kappa shape index (κ1) is 22.8. The number of halogens is 1. The zero-order valence-electron chi connectivity index (χ0n) is 18.0. The number of hydrogen-bond donors (Lipinski definition) is 2. The second kappa shape index (κ2) is 10.1. The van der Waals surface area contributed by atoms with Crippen molar-refractivity contribution in [1.82, 2.24) is 10.2 Å². The largest absolute Gasteiger partial charge is 0.459 e. The molecule has 3 aromatic rings. The summed E-state index contributed by atoms with van der Waals surface area (Å²) in [6.45, 7) is 4.61. The van der Waals surface area contributed by atoms with Gasteiger partial charge in [-0.15, -0.1) is 0 Å². The fourth-order valence-corrected chi connectivity index (χ4v) is 4.15. The number of rotatable bonds is 4. The predicted molar refractivity (Wildman–Crippen MR) is 133 cm³/mol. The first-order valence-electron chi connectivity index (χ1n) is 10.5. The molecule has 0 spiro atoms. The molecule has 0 radical (unpaired) electrons. The molecule has 0 unspecified atom stereocenters. The van der Waals surface area contributed by atoms with E-state index in [0.29, 0.717) is 29.4 Å². The van der Waals surface area contributed by atoms with Crippen LogP contribution in [0.4, 0.5) is 11.4 Å². The standard InChI is InChI=1S/C24H23ClN4O3S/c1-16-4-9-19(20(25)15-16)22(30)27-24(33)26-17-5-7-18(8-6-17)28-10-12-29(13-11-28)23(31)21-3-2-14-32-21/h2-9,14-15H,10-13H2,1H3,(H2,26,27,30,33). The van der Waals surface area contributed by atoms with E-state index in [1.54, 1.807) is 29.2 Å². The van der Waals surface area contributed by atoms with Crippen LogP contribution in [0, 0.1) is 6.92 Å². The topological polar surface area (TPSA) is 77.8 Å². The van der Waals surface area contributed by atoms with Gasteiger partial charge in [-0.25, -0.2) is 0 Å². The molecule has 2 aromatic carbocycles. The Balaban J connectivity index is 1.29. The van der Waals surface area contributed by atoms with Crippen molar-refractivity contribution in [2.75, 3.05) is 36.4 Å². The number of nitrogens with one attached hydrogen (secondary N) is 2. The molecule has 1 saturated heterocycles. The summed E-state index contributed by atoms with van der Waals surface area (Å²) in [4.78, 5) is 28.8. The summed E-state index contributed by atoms with van der Waals surface area (Å²) >= 11 is 11.4. The van der Waals surface area contributed by atoms with Gasteiger partial charge in [0.15, 0.2) is 10.9 Å². The number of hydrogen-bond acceptors (Lipinski definition) is 5. The number of thiocarbonyl (C=S) groups is 1. The summed E-state index contributed by atoms with van der Waals surface area (Å²) in [5.41, 5.74) is 3.15. The lowest BCUT2D eigenvalue weighted by molar-refractivity contribution is 0.0714. The summed E-state index contributed by atoms with van der Waals surface area (Å²) in [6.07, 6.45) is 1.51. The van der Waals surface area contributed by atoms with E-state index in [2.05, 4.69) is 15.5 Å². The van der Waals surface area contributed by atoms with Crippen LogP contribution in [0.5, 0.6) is 0 Å². The minimum Gasteiger partial charge on any atom is -0.459 e. The number of furan rings is 1. The average Bonchev–Trinajstić information content (AvgIpc) is 3.34. The van der Waals surface area contributed by atoms with Gasteiger partial charge >= 0.3 is 0 Å². The predicted octanol–water partition coefficient (Wildman–Crippen LogP) is 4.33. The number of carbonyl (C=O) groups is 2. The lowest BCUT2D eigenvalue weighted by atomic mass is 10.1. The number of piperazine rings is 1. The molecule has 0 bridgehead atoms. The van der Waals surface area contributed by atoms with Crippen molar-refractivity contribution in [2.45, 2.75) is 6.92 Å². The Morgan fingerprint density at radius 3 is 2.39 bits per heavy atom. The number of amides is 2. The molecular weight excluding hydrogens is 460 g/mol. The minimum absolute atomic E-state index is 0.0818. The van der Waals surface area contributed by atoms with Crippen molar-refractivity contribution in [3.8, 4) is 0 Å². The van der Waals surface area contributed by atoms with Crippen LogP contribution in [-0.4, -0.2) is 48.0 Å². The monoisotopic (exact) mass is 482 g/mol. The van der Waals surface area contributed by atoms with Gasteiger partial charge in [0.2, 0.25) is 0 Å². The van der Waals surface area contributed by atoms with Crippen LogP contribution in [0.25, 0.3) is 0 Å². The summed E-state index contributed by atoms with van der Waals surface area (Å²) in [5.74, 6) is -0.0793. The molecule has 1 aliphatic rings. The SMILES string of the molecule is Cc1ccc(C(=O)NC(=S)Nc2ccc(N3CCN(C(=O)c4ccco4)CC3)cc2)c(Cl)c1. The second-order valence-corrected chi connectivity index (χ2v) is 8.51. The summed E-state index contributed by atoms with van der Waals surface area (Å²) in [7, 11) is 0. The van der Waals surface area contributed by atoms with Crippen molar-refractivity contribution in [2.24, 2.45) is 0 Å². The average molecular weight is 483 g/mol. The van der Waals surface area contributed by atoms with Gasteiger partial charge in [-0.1, -0.05) is 17.7 Å². The van der Waals surface area contributed by atoms with Gasteiger partial charge in [-0.2, -0.15) is 0 Å². The lowest BCUT2D eigenvalue weighted by Crippen LogP contribution is -2.48. The highest BCUT2D eigenvalue weighted by Gasteiger charge is 2.23. The van der Waals surface area contributed by atoms with Crippen LogP contribution in [0.2, 0.25) is 5.02 Å². The highest BCUT2D eigenvalue weighted by Crippen LogP contribution is 2.21. The first-order valence-corrected chi connectivity index (χ1v) is 11.3. The fraction of sp³-hybridized carbons (Fsp3) is 0.208. The van der Waals surface area contributed by atoms with Crippen molar-refractivity contribution in [3.05, 3.63) is 82.8 Å². The Morgan fingerprint density at radius 2 is 1.76 bits per heavy atom. The van der Waals surface area contributed by atoms with Crippen LogP contribution in [0.3, 0.4) is 0 Å². The molecule has 1 fully saturated rings. The maximum Gasteiger partial charge on any atom is 0.289 e. The molecule has 2 amide bonds. The van der Waals surface area contributed by atoms with Crippen LogP contribution in [-0.2, 0) is 0 Å². The van der Waals surface area contributed by atoms with Crippen LogP contribution >= 0.6 is 23.8 Å². The zero-order valence-corrected chi connectivity index (χ0v) is 19.6. The summed E-state index contributed by atoms with van der Waals surface area (Å²) in [6, 6.07) is 16.4. The number of nitrogens with zero attached hydrogens (tertiary/aromatic N) is 2. The lowest BCUT2D eigenvalue weighted by Gasteiger charge is -2.35. The van der Waals surface area contributed by atoms with Gasteiger partial charge < -0.3 is 19.5 Å². The van der Waals surface area contributed by atoms with Crippen LogP contribution in [0.15, 0.2) is 65.3 Å². The maximum atomic E-state index is 12.4. The van der Waals surface area contributed by atoms with Crippen molar-refractivity contribution in [1.29, 1.82) is 0 Å². The van der Waals surface area contributed by atoms with E-state index in [4.69, 9.17) is 28.2 Å². The Labute approximate surface area is 202 Å². The number of anilines is 2. The van der Waals surface area contributed by atoms with E-state index in [9.17, 15) is 9.59 Å². The van der Waals surface area contributed by atoms with E-state index in [1.165, 1.54) is 6.26 Å². The summed E-state index contributed by atoms with van der Waals surface area (Å²) < 4.78 is 5.21. The Bertz CT molecular complexity index is 1160. The molecule has 170 valence electrons. The molecule has 4 rings (SSSR count). The van der Waals surface area contributed by atoms with Crippen molar-refractivity contribution < 1.29 is 14.0 Å². The number of carbonyl (C=O) groups excluding carboxylic acids is 2. The zero-order chi connectivity index (χ0) is 23.4. The van der Waals surface area contributed by atoms with E-state index in [1.807, 2.05) is 37.3 Å². The van der Waals surface area contributed by atoms with E-state index in [0.717, 1.165) is 30.0 Å². The van der Waals surface area contributed by atoms with E-state index in [-0.39, 0.29) is 16.9 Å². The molecule has 1 aromatic heterocycles. The third-order valence-corrected chi connectivity index (χ3v) is 5.90. The van der Waals surface area contributed by atoms with E-state index >= 15 is 0 Å². The third kappa shape index (κ3) is 5.53. The molecule has 9 heteroatoms. The molecule has 7 nitrogen and oxygen atoms in total. The Kier molecular flexibility index (Phi) is 6.96. The van der Waals surface area contributed by atoms with Gasteiger partial charge in [0.05, 0.1) is 16.8 Å². The molecule has 2 N–H and O–H groups in total. The highest BCUT2D eigenvalue weighted by molar-refractivity contribution is 7.80. The highest BCUT2D eigenvalue weighted by atomic mass is 35.5. The first-order chi connectivity index (χ1) is 15.9. The molecule has 0 atom stereocenters. The van der Waals surface area contributed by atoms with Gasteiger partial charge in [0.25, 0.3) is 11.8 Å². The molecule has 0 aliphatic carbocycles. The second-order valence-electron chi connectivity index (χ2n) is 7.69. The molecule has 1 aliphatic heterocycles. The Hall–Kier alpha value is -3.36. The molecule has 33 heavy (non-hydrogen) atoms. The quantitative estimate of drug-likeness (QED) is 0.539. The van der Waals surface area contributed by atoms with Crippen LogP contribution < -0.4 is 15.5 Å². The molecule has 0 saturated carbocycles. The van der Waals surface area contributed by atoms with Gasteiger partial charge in [0.1, 0.15) is 0 Å². The van der Waals surface area contributed by atoms with Gasteiger partial charge in [-0.05, 0) is 73.2 Å². The maximum absolute atomic E-state index is 12.4. The van der Waals surface area contributed by atoms with Crippen molar-refractivity contribution in [3.63, 3.8) is 0 Å². The van der Waals surface area contributed by atoms with Crippen molar-refractivity contribution >= 4 is 52.1 Å². The summed E-state index contributed by atoms with van der Waals surface area (Å²) in [5, 5.41) is 6.24. The van der Waals surface area contributed by atoms with Crippen LogP contribution in [0.1, 0.15) is 26.5 Å². The van der Waals surface area contributed by atoms with Gasteiger partial charge in [-0.3, -0.25) is 14.9 Å². The molecule has 2 heterocycles. The number of aryl methyl sites for hydroxylation is 1. The van der Waals surface area contributed by atoms with E-state index < -0.39 is 0 Å². The fourth-order valence-electron chi connectivity index (χ4n) is 3.62. The minimum atomic E-state index is -0.365.